The summed E-state index contributed by atoms with van der Waals surface area (Å²) >= 11 is 5.82. The summed E-state index contributed by atoms with van der Waals surface area (Å²) < 4.78 is 46.4. The van der Waals surface area contributed by atoms with Crippen LogP contribution in [0.5, 0.6) is 0 Å². The van der Waals surface area contributed by atoms with E-state index in [0.29, 0.717) is 6.61 Å². The average Bonchev–Trinajstić information content (AvgIpc) is 2.48. The van der Waals surface area contributed by atoms with Crippen LogP contribution in [0.15, 0.2) is 17.0 Å². The quantitative estimate of drug-likeness (QED) is 0.859. The SMILES string of the molecule is NCc1cc(Cl)cc(S(=O)(=O)NCC2CCCCO2)c1F. The van der Waals surface area contributed by atoms with Crippen LogP contribution in [0.3, 0.4) is 0 Å². The summed E-state index contributed by atoms with van der Waals surface area (Å²) in [5.74, 6) is -0.862. The number of hydrogen-bond acceptors (Lipinski definition) is 4. The van der Waals surface area contributed by atoms with E-state index in [2.05, 4.69) is 4.72 Å². The Hall–Kier alpha value is -0.730. The van der Waals surface area contributed by atoms with Crippen molar-refractivity contribution in [1.29, 1.82) is 0 Å². The number of sulfonamides is 1. The fraction of sp³-hybridized carbons (Fsp3) is 0.538. The third kappa shape index (κ3) is 4.14. The minimum Gasteiger partial charge on any atom is -0.377 e. The maximum atomic E-state index is 14.1. The van der Waals surface area contributed by atoms with Crippen LogP contribution in [0, 0.1) is 5.82 Å². The van der Waals surface area contributed by atoms with Gasteiger partial charge in [0.1, 0.15) is 10.7 Å². The lowest BCUT2D eigenvalue weighted by molar-refractivity contribution is 0.0200. The molecular weight excluding hydrogens is 319 g/mol. The van der Waals surface area contributed by atoms with Gasteiger partial charge in [-0.2, -0.15) is 0 Å². The monoisotopic (exact) mass is 336 g/mol. The van der Waals surface area contributed by atoms with Crippen molar-refractivity contribution >= 4 is 21.6 Å². The molecule has 0 bridgehead atoms. The summed E-state index contributed by atoms with van der Waals surface area (Å²) in [4.78, 5) is -0.480. The molecule has 1 aliphatic heterocycles. The van der Waals surface area contributed by atoms with Crippen LogP contribution in [-0.2, 0) is 21.3 Å². The van der Waals surface area contributed by atoms with Crippen molar-refractivity contribution in [3.63, 3.8) is 0 Å². The Morgan fingerprint density at radius 3 is 2.81 bits per heavy atom. The Labute approximate surface area is 128 Å². The summed E-state index contributed by atoms with van der Waals surface area (Å²) in [5, 5.41) is 0.131. The number of nitrogens with one attached hydrogen (secondary N) is 1. The molecule has 1 fully saturated rings. The Bertz CT molecular complexity index is 604. The van der Waals surface area contributed by atoms with Crippen molar-refractivity contribution in [2.75, 3.05) is 13.2 Å². The number of benzene rings is 1. The van der Waals surface area contributed by atoms with E-state index < -0.39 is 20.7 Å². The maximum Gasteiger partial charge on any atom is 0.243 e. The Kier molecular flexibility index (Phi) is 5.56. The van der Waals surface area contributed by atoms with Gasteiger partial charge < -0.3 is 10.5 Å². The largest absolute Gasteiger partial charge is 0.377 e. The van der Waals surface area contributed by atoms with Gasteiger partial charge in [-0.1, -0.05) is 11.6 Å². The molecule has 1 heterocycles. The first-order valence-corrected chi connectivity index (χ1v) is 8.59. The van der Waals surface area contributed by atoms with Crippen molar-refractivity contribution in [3.8, 4) is 0 Å². The highest BCUT2D eigenvalue weighted by Crippen LogP contribution is 2.23. The lowest BCUT2D eigenvalue weighted by Gasteiger charge is -2.22. The van der Waals surface area contributed by atoms with Gasteiger partial charge in [0.05, 0.1) is 6.10 Å². The minimum atomic E-state index is -3.99. The highest BCUT2D eigenvalue weighted by Gasteiger charge is 2.24. The van der Waals surface area contributed by atoms with Gasteiger partial charge in [0.25, 0.3) is 0 Å². The van der Waals surface area contributed by atoms with Crippen LogP contribution in [0.1, 0.15) is 24.8 Å². The zero-order valence-corrected chi connectivity index (χ0v) is 13.0. The Balaban J connectivity index is 2.17. The van der Waals surface area contributed by atoms with Crippen LogP contribution >= 0.6 is 11.6 Å². The molecule has 1 aromatic carbocycles. The van der Waals surface area contributed by atoms with Crippen LogP contribution in [-0.4, -0.2) is 27.7 Å². The number of hydrogen-bond donors (Lipinski definition) is 2. The van der Waals surface area contributed by atoms with Crippen LogP contribution in [0.25, 0.3) is 0 Å². The highest BCUT2D eigenvalue weighted by molar-refractivity contribution is 7.89. The summed E-state index contributed by atoms with van der Waals surface area (Å²) in [5.41, 5.74) is 5.46. The zero-order chi connectivity index (χ0) is 15.5. The fourth-order valence-corrected chi connectivity index (χ4v) is 3.73. The van der Waals surface area contributed by atoms with E-state index >= 15 is 0 Å². The fourth-order valence-electron chi connectivity index (χ4n) is 2.21. The van der Waals surface area contributed by atoms with E-state index in [1.165, 1.54) is 6.07 Å². The van der Waals surface area contributed by atoms with E-state index in [1.807, 2.05) is 0 Å². The predicted molar refractivity (Wildman–Crippen MR) is 78.1 cm³/mol. The average molecular weight is 337 g/mol. The molecule has 0 amide bonds. The first-order chi connectivity index (χ1) is 9.94. The molecule has 1 aromatic rings. The van der Waals surface area contributed by atoms with Crippen LogP contribution < -0.4 is 10.5 Å². The molecule has 0 radical (unpaired) electrons. The summed E-state index contributed by atoms with van der Waals surface area (Å²) in [6.45, 7) is 0.613. The minimum absolute atomic E-state index is 0.0665. The molecule has 21 heavy (non-hydrogen) atoms. The van der Waals surface area contributed by atoms with Crippen LogP contribution in [0.2, 0.25) is 5.02 Å². The van der Waals surface area contributed by atoms with Crippen LogP contribution in [0.4, 0.5) is 4.39 Å². The lowest BCUT2D eigenvalue weighted by atomic mass is 10.1. The predicted octanol–water partition coefficient (Wildman–Crippen LogP) is 1.79. The van der Waals surface area contributed by atoms with Crippen molar-refractivity contribution in [2.24, 2.45) is 5.73 Å². The van der Waals surface area contributed by atoms with Gasteiger partial charge in [-0.3, -0.25) is 0 Å². The second-order valence-corrected chi connectivity index (χ2v) is 7.09. The second-order valence-electron chi connectivity index (χ2n) is 4.92. The summed E-state index contributed by atoms with van der Waals surface area (Å²) in [7, 11) is -3.99. The third-order valence-electron chi connectivity index (χ3n) is 3.36. The molecular formula is C13H18ClFN2O3S. The molecule has 1 saturated heterocycles. The van der Waals surface area contributed by atoms with E-state index in [0.717, 1.165) is 25.3 Å². The van der Waals surface area contributed by atoms with E-state index in [4.69, 9.17) is 22.1 Å². The Morgan fingerprint density at radius 1 is 1.43 bits per heavy atom. The Morgan fingerprint density at radius 2 is 2.19 bits per heavy atom. The molecule has 0 aromatic heterocycles. The summed E-state index contributed by atoms with van der Waals surface area (Å²) in [6, 6.07) is 2.40. The normalized spacial score (nSPS) is 19.7. The van der Waals surface area contributed by atoms with Gasteiger partial charge >= 0.3 is 0 Å². The van der Waals surface area contributed by atoms with Gasteiger partial charge in [0.15, 0.2) is 0 Å². The zero-order valence-electron chi connectivity index (χ0n) is 11.4. The van der Waals surface area contributed by atoms with Crippen molar-refractivity contribution in [1.82, 2.24) is 4.72 Å². The maximum absolute atomic E-state index is 14.1. The molecule has 0 saturated carbocycles. The first-order valence-electron chi connectivity index (χ1n) is 6.73. The molecule has 2 rings (SSSR count). The molecule has 0 aliphatic carbocycles. The molecule has 1 unspecified atom stereocenters. The number of halogens is 2. The molecule has 118 valence electrons. The summed E-state index contributed by atoms with van der Waals surface area (Å²) in [6.07, 6.45) is 2.58. The molecule has 8 heteroatoms. The first kappa shape index (κ1) is 16.6. The molecule has 3 N–H and O–H groups in total. The lowest BCUT2D eigenvalue weighted by Crippen LogP contribution is -2.35. The van der Waals surface area contributed by atoms with E-state index in [-0.39, 0.29) is 29.8 Å². The van der Waals surface area contributed by atoms with Crippen molar-refractivity contribution < 1.29 is 17.5 Å². The van der Waals surface area contributed by atoms with E-state index in [9.17, 15) is 12.8 Å². The molecule has 1 aliphatic rings. The topological polar surface area (TPSA) is 81.4 Å². The van der Waals surface area contributed by atoms with E-state index in [1.54, 1.807) is 0 Å². The third-order valence-corrected chi connectivity index (χ3v) is 5.00. The van der Waals surface area contributed by atoms with Gasteiger partial charge in [-0.15, -0.1) is 0 Å². The number of ether oxygens (including phenoxy) is 1. The number of nitrogens with two attached hydrogens (primary N) is 1. The van der Waals surface area contributed by atoms with Crippen molar-refractivity contribution in [3.05, 3.63) is 28.5 Å². The van der Waals surface area contributed by atoms with Gasteiger partial charge in [-0.05, 0) is 31.4 Å². The highest BCUT2D eigenvalue weighted by atomic mass is 35.5. The molecule has 0 spiro atoms. The van der Waals surface area contributed by atoms with Gasteiger partial charge in [0, 0.05) is 30.3 Å². The second kappa shape index (κ2) is 7.02. The smallest absolute Gasteiger partial charge is 0.243 e. The standard InChI is InChI=1S/C13H18ClFN2O3S/c14-10-5-9(7-16)13(15)12(6-10)21(18,19)17-8-11-3-1-2-4-20-11/h5-6,11,17H,1-4,7-8,16H2. The molecule has 1 atom stereocenters. The van der Waals surface area contributed by atoms with Gasteiger partial charge in [-0.25, -0.2) is 17.5 Å². The van der Waals surface area contributed by atoms with Crippen molar-refractivity contribution in [2.45, 2.75) is 36.8 Å². The number of rotatable bonds is 5. The van der Waals surface area contributed by atoms with Gasteiger partial charge in [0.2, 0.25) is 10.0 Å². The molecule has 5 nitrogen and oxygen atoms in total.